The van der Waals surface area contributed by atoms with Gasteiger partial charge in [-0.25, -0.2) is 4.98 Å². The van der Waals surface area contributed by atoms with Crippen LogP contribution in [0, 0.1) is 0 Å². The first-order chi connectivity index (χ1) is 9.99. The number of hydrogen-bond acceptors (Lipinski definition) is 6. The Morgan fingerprint density at radius 1 is 1.17 bits per heavy atom. The molecule has 0 fully saturated rings. The average Bonchev–Trinajstić information content (AvgIpc) is 2.84. The van der Waals surface area contributed by atoms with E-state index in [1.54, 1.807) is 11.3 Å². The minimum Gasteiger partial charge on any atom is -0.458 e. The Bertz CT molecular complexity index is 600. The zero-order chi connectivity index (χ0) is 15.5. The molecule has 1 aromatic heterocycles. The third-order valence-electron chi connectivity index (χ3n) is 3.10. The molecule has 2 rings (SSSR count). The predicted molar refractivity (Wildman–Crippen MR) is 105 cm³/mol. The van der Waals surface area contributed by atoms with Crippen LogP contribution >= 0.6 is 36.2 Å². The van der Waals surface area contributed by atoms with E-state index in [-0.39, 0.29) is 24.8 Å². The standard InChI is InChI=1S/C15H24N4OS.2ClH/c1-6-16-15(3,17-7-2)20-11-9-8-10-12-13(11)18-14(21-12)19(4)5;;/h8-10,16-17H,6-7H2,1-5H3;2*1H. The molecule has 0 saturated carbocycles. The minimum atomic E-state index is -0.598. The van der Waals surface area contributed by atoms with E-state index in [9.17, 15) is 0 Å². The van der Waals surface area contributed by atoms with Crippen LogP contribution < -0.4 is 20.3 Å². The van der Waals surface area contributed by atoms with E-state index in [4.69, 9.17) is 4.74 Å². The van der Waals surface area contributed by atoms with Gasteiger partial charge < -0.3 is 9.64 Å². The highest BCUT2D eigenvalue weighted by Gasteiger charge is 2.25. The molecule has 0 radical (unpaired) electrons. The lowest BCUT2D eigenvalue weighted by Gasteiger charge is -2.32. The van der Waals surface area contributed by atoms with Gasteiger partial charge in [-0.3, -0.25) is 10.6 Å². The molecular formula is C15H26Cl2N4OS. The predicted octanol–water partition coefficient (Wildman–Crippen LogP) is 3.48. The van der Waals surface area contributed by atoms with Gasteiger partial charge in [0.2, 0.25) is 5.85 Å². The molecule has 0 spiro atoms. The summed E-state index contributed by atoms with van der Waals surface area (Å²) >= 11 is 1.67. The molecule has 0 aliphatic rings. The van der Waals surface area contributed by atoms with E-state index in [0.717, 1.165) is 34.2 Å². The van der Waals surface area contributed by atoms with Crippen LogP contribution in [0.25, 0.3) is 10.2 Å². The summed E-state index contributed by atoms with van der Waals surface area (Å²) in [4.78, 5) is 6.70. The summed E-state index contributed by atoms with van der Waals surface area (Å²) in [6.45, 7) is 7.76. The van der Waals surface area contributed by atoms with Crippen molar-refractivity contribution in [1.82, 2.24) is 15.6 Å². The van der Waals surface area contributed by atoms with E-state index < -0.39 is 5.85 Å². The number of halogens is 2. The zero-order valence-corrected chi connectivity index (χ0v) is 16.6. The first-order valence-corrected chi connectivity index (χ1v) is 8.06. The van der Waals surface area contributed by atoms with E-state index >= 15 is 0 Å². The molecule has 23 heavy (non-hydrogen) atoms. The highest BCUT2D eigenvalue weighted by atomic mass is 35.5. The second-order valence-corrected chi connectivity index (χ2v) is 6.20. The largest absolute Gasteiger partial charge is 0.458 e. The lowest BCUT2D eigenvalue weighted by molar-refractivity contribution is 0.0217. The van der Waals surface area contributed by atoms with Crippen molar-refractivity contribution in [3.63, 3.8) is 0 Å². The van der Waals surface area contributed by atoms with Crippen LogP contribution in [0.1, 0.15) is 20.8 Å². The molecule has 0 aliphatic heterocycles. The van der Waals surface area contributed by atoms with E-state index in [1.807, 2.05) is 38.1 Å². The summed E-state index contributed by atoms with van der Waals surface area (Å²) < 4.78 is 7.32. The molecule has 1 aromatic carbocycles. The van der Waals surface area contributed by atoms with Crippen LogP contribution in [-0.4, -0.2) is 38.0 Å². The van der Waals surface area contributed by atoms with Gasteiger partial charge in [0.15, 0.2) is 10.9 Å². The number of benzene rings is 1. The quantitative estimate of drug-likeness (QED) is 0.720. The maximum absolute atomic E-state index is 6.19. The van der Waals surface area contributed by atoms with Gasteiger partial charge in [0, 0.05) is 21.0 Å². The summed E-state index contributed by atoms with van der Waals surface area (Å²) in [6.07, 6.45) is 0. The highest BCUT2D eigenvalue weighted by molar-refractivity contribution is 7.22. The molecular weight excluding hydrogens is 355 g/mol. The monoisotopic (exact) mass is 380 g/mol. The van der Waals surface area contributed by atoms with Gasteiger partial charge >= 0.3 is 0 Å². The van der Waals surface area contributed by atoms with Gasteiger partial charge in [-0.15, -0.1) is 24.8 Å². The van der Waals surface area contributed by atoms with Crippen molar-refractivity contribution in [1.29, 1.82) is 0 Å². The van der Waals surface area contributed by atoms with Crippen molar-refractivity contribution in [3.05, 3.63) is 18.2 Å². The van der Waals surface area contributed by atoms with E-state index in [0.29, 0.717) is 0 Å². The lowest BCUT2D eigenvalue weighted by Crippen LogP contribution is -2.58. The summed E-state index contributed by atoms with van der Waals surface area (Å²) in [7, 11) is 4.00. The Morgan fingerprint density at radius 3 is 2.30 bits per heavy atom. The molecule has 2 aromatic rings. The fourth-order valence-corrected chi connectivity index (χ4v) is 3.12. The Kier molecular flexibility index (Phi) is 9.17. The molecule has 8 heteroatoms. The van der Waals surface area contributed by atoms with Crippen LogP contribution in [0.15, 0.2) is 18.2 Å². The molecule has 0 bridgehead atoms. The summed E-state index contributed by atoms with van der Waals surface area (Å²) in [6, 6.07) is 6.05. The van der Waals surface area contributed by atoms with Gasteiger partial charge in [-0.2, -0.15) is 0 Å². The molecule has 0 unspecified atom stereocenters. The highest BCUT2D eigenvalue weighted by Crippen LogP contribution is 2.34. The normalized spacial score (nSPS) is 10.8. The Morgan fingerprint density at radius 2 is 1.78 bits per heavy atom. The average molecular weight is 381 g/mol. The van der Waals surface area contributed by atoms with Crippen LogP contribution in [0.2, 0.25) is 0 Å². The van der Waals surface area contributed by atoms with Gasteiger partial charge in [0.1, 0.15) is 5.52 Å². The minimum absolute atomic E-state index is 0. The van der Waals surface area contributed by atoms with Crippen LogP contribution in [0.5, 0.6) is 5.75 Å². The van der Waals surface area contributed by atoms with Gasteiger partial charge in [-0.05, 0) is 25.2 Å². The topological polar surface area (TPSA) is 49.4 Å². The molecule has 0 atom stereocenters. The van der Waals surface area contributed by atoms with Crippen LogP contribution in [-0.2, 0) is 0 Å². The van der Waals surface area contributed by atoms with Gasteiger partial charge in [0.25, 0.3) is 0 Å². The number of anilines is 1. The lowest BCUT2D eigenvalue weighted by atomic mass is 10.3. The van der Waals surface area contributed by atoms with E-state index in [2.05, 4.69) is 35.5 Å². The molecule has 2 N–H and O–H groups in total. The van der Waals surface area contributed by atoms with Crippen molar-refractivity contribution in [2.45, 2.75) is 26.6 Å². The van der Waals surface area contributed by atoms with E-state index in [1.165, 1.54) is 0 Å². The Hall–Kier alpha value is -0.790. The number of para-hydroxylation sites is 1. The van der Waals surface area contributed by atoms with Crippen molar-refractivity contribution in [2.24, 2.45) is 0 Å². The number of fused-ring (bicyclic) bond motifs is 1. The first-order valence-electron chi connectivity index (χ1n) is 7.25. The smallest absolute Gasteiger partial charge is 0.214 e. The number of thiazole rings is 1. The fraction of sp³-hybridized carbons (Fsp3) is 0.533. The summed E-state index contributed by atoms with van der Waals surface area (Å²) in [5.41, 5.74) is 0.910. The SMILES string of the molecule is CCNC(C)(NCC)Oc1cccc2sc(N(C)C)nc12.Cl.Cl. The maximum atomic E-state index is 6.19. The molecule has 132 valence electrons. The van der Waals surface area contributed by atoms with Gasteiger partial charge in [0.05, 0.1) is 4.70 Å². The number of nitrogens with zero attached hydrogens (tertiary/aromatic N) is 2. The molecule has 0 aliphatic carbocycles. The fourth-order valence-electron chi connectivity index (χ4n) is 2.21. The number of nitrogens with one attached hydrogen (secondary N) is 2. The molecule has 0 saturated heterocycles. The van der Waals surface area contributed by atoms with Crippen LogP contribution in [0.4, 0.5) is 5.13 Å². The number of ether oxygens (including phenoxy) is 1. The van der Waals surface area contributed by atoms with Crippen molar-refractivity contribution >= 4 is 51.5 Å². The number of rotatable bonds is 7. The molecule has 0 amide bonds. The molecule has 1 heterocycles. The van der Waals surface area contributed by atoms with Crippen molar-refractivity contribution < 1.29 is 4.74 Å². The second-order valence-electron chi connectivity index (χ2n) is 5.19. The Labute approximate surface area is 154 Å². The number of hydrogen-bond donors (Lipinski definition) is 2. The van der Waals surface area contributed by atoms with Crippen molar-refractivity contribution in [3.8, 4) is 5.75 Å². The third-order valence-corrected chi connectivity index (χ3v) is 4.28. The third kappa shape index (κ3) is 5.36. The van der Waals surface area contributed by atoms with Crippen molar-refractivity contribution in [2.75, 3.05) is 32.1 Å². The van der Waals surface area contributed by atoms with Gasteiger partial charge in [-0.1, -0.05) is 31.3 Å². The van der Waals surface area contributed by atoms with Crippen LogP contribution in [0.3, 0.4) is 0 Å². The first kappa shape index (κ1) is 22.2. The molecule has 5 nitrogen and oxygen atoms in total. The maximum Gasteiger partial charge on any atom is 0.214 e. The Balaban J connectivity index is 0.00000242. The zero-order valence-electron chi connectivity index (χ0n) is 14.2. The number of aromatic nitrogens is 1. The summed E-state index contributed by atoms with van der Waals surface area (Å²) in [5, 5.41) is 7.65. The summed E-state index contributed by atoms with van der Waals surface area (Å²) in [5.74, 6) is 0.195. The second kappa shape index (κ2) is 9.49.